The minimum Gasteiger partial charge on any atom is -0.497 e. The second-order valence-electron chi connectivity index (χ2n) is 7.34. The van der Waals surface area contributed by atoms with Crippen molar-refractivity contribution in [1.29, 1.82) is 0 Å². The van der Waals surface area contributed by atoms with E-state index >= 15 is 0 Å². The van der Waals surface area contributed by atoms with Crippen LogP contribution in [0.5, 0.6) is 11.5 Å². The van der Waals surface area contributed by atoms with Crippen LogP contribution in [-0.4, -0.2) is 44.1 Å². The van der Waals surface area contributed by atoms with E-state index < -0.39 is 0 Å². The van der Waals surface area contributed by atoms with E-state index in [0.717, 1.165) is 30.9 Å². The first-order valence-electron chi connectivity index (χ1n) is 10.3. The highest BCUT2D eigenvalue weighted by atomic mass is 19.1. The smallest absolute Gasteiger partial charge is 0.289 e. The Hall–Kier alpha value is -3.48. The maximum absolute atomic E-state index is 13.0. The molecule has 0 atom stereocenters. The van der Waals surface area contributed by atoms with Crippen molar-refractivity contribution < 1.29 is 23.1 Å². The first-order chi connectivity index (χ1) is 15.1. The molecule has 3 aromatic rings. The summed E-state index contributed by atoms with van der Waals surface area (Å²) in [6.45, 7) is 3.09. The number of halogens is 1. The fourth-order valence-electron chi connectivity index (χ4n) is 3.58. The third kappa shape index (κ3) is 5.17. The molecule has 2 aromatic carbocycles. The van der Waals surface area contributed by atoms with Gasteiger partial charge >= 0.3 is 0 Å². The molecule has 31 heavy (non-hydrogen) atoms. The van der Waals surface area contributed by atoms with Gasteiger partial charge in [0.2, 0.25) is 0 Å². The van der Waals surface area contributed by atoms with Gasteiger partial charge in [0.25, 0.3) is 5.91 Å². The van der Waals surface area contributed by atoms with Crippen molar-refractivity contribution in [3.63, 3.8) is 0 Å². The van der Waals surface area contributed by atoms with Crippen molar-refractivity contribution in [2.24, 2.45) is 0 Å². The molecule has 6 nitrogen and oxygen atoms in total. The van der Waals surface area contributed by atoms with Crippen LogP contribution in [-0.2, 0) is 6.61 Å². The number of hydrogen-bond donors (Lipinski definition) is 0. The van der Waals surface area contributed by atoms with Gasteiger partial charge in [-0.25, -0.2) is 4.39 Å². The summed E-state index contributed by atoms with van der Waals surface area (Å²) in [7, 11) is 1.65. The molecule has 162 valence electrons. The lowest BCUT2D eigenvalue weighted by Gasteiger charge is -2.23. The lowest BCUT2D eigenvalue weighted by molar-refractivity contribution is 0.0731. The number of carbonyl (C=O) groups excluding carboxylic acids is 1. The van der Waals surface area contributed by atoms with Crippen molar-refractivity contribution in [1.82, 2.24) is 4.90 Å². The molecule has 1 amide bonds. The lowest BCUT2D eigenvalue weighted by atomic mass is 10.2. The molecular formula is C24H25FN2O4. The molecule has 1 fully saturated rings. The highest BCUT2D eigenvalue weighted by molar-refractivity contribution is 5.91. The molecule has 0 bridgehead atoms. The van der Waals surface area contributed by atoms with Crippen molar-refractivity contribution in [2.45, 2.75) is 13.0 Å². The highest BCUT2D eigenvalue weighted by Gasteiger charge is 2.23. The van der Waals surface area contributed by atoms with Crippen LogP contribution in [0.1, 0.15) is 22.7 Å². The summed E-state index contributed by atoms with van der Waals surface area (Å²) < 4.78 is 29.5. The highest BCUT2D eigenvalue weighted by Crippen LogP contribution is 2.22. The molecule has 7 heteroatoms. The maximum atomic E-state index is 13.0. The Kier molecular flexibility index (Phi) is 6.40. The lowest BCUT2D eigenvalue weighted by Crippen LogP contribution is -2.35. The van der Waals surface area contributed by atoms with Crippen LogP contribution in [0.15, 0.2) is 65.1 Å². The van der Waals surface area contributed by atoms with Crippen molar-refractivity contribution in [2.75, 3.05) is 38.2 Å². The number of ether oxygens (including phenoxy) is 2. The number of rotatable bonds is 6. The van der Waals surface area contributed by atoms with Gasteiger partial charge in [-0.2, -0.15) is 0 Å². The van der Waals surface area contributed by atoms with E-state index in [1.54, 1.807) is 31.4 Å². The summed E-state index contributed by atoms with van der Waals surface area (Å²) in [6, 6.07) is 17.2. The molecule has 2 heterocycles. The van der Waals surface area contributed by atoms with E-state index in [-0.39, 0.29) is 18.3 Å². The minimum atomic E-state index is -0.318. The third-order valence-corrected chi connectivity index (χ3v) is 5.29. The molecule has 0 radical (unpaired) electrons. The van der Waals surface area contributed by atoms with E-state index in [1.807, 2.05) is 29.2 Å². The Morgan fingerprint density at radius 1 is 0.935 bits per heavy atom. The molecule has 1 aliphatic heterocycles. The largest absolute Gasteiger partial charge is 0.497 e. The van der Waals surface area contributed by atoms with E-state index in [4.69, 9.17) is 13.9 Å². The number of methoxy groups -OCH3 is 1. The van der Waals surface area contributed by atoms with Crippen molar-refractivity contribution in [3.05, 3.63) is 78.0 Å². The van der Waals surface area contributed by atoms with Gasteiger partial charge in [0.05, 0.1) is 7.11 Å². The average Bonchev–Trinajstić information content (AvgIpc) is 3.14. The van der Waals surface area contributed by atoms with Crippen LogP contribution < -0.4 is 14.4 Å². The Balaban J connectivity index is 1.33. The quantitative estimate of drug-likeness (QED) is 0.589. The summed E-state index contributed by atoms with van der Waals surface area (Å²) in [5, 5.41) is 0. The van der Waals surface area contributed by atoms with E-state index in [9.17, 15) is 9.18 Å². The average molecular weight is 424 g/mol. The minimum absolute atomic E-state index is 0.121. The normalized spacial score (nSPS) is 14.3. The van der Waals surface area contributed by atoms with Crippen molar-refractivity contribution >= 4 is 11.6 Å². The second-order valence-corrected chi connectivity index (χ2v) is 7.34. The molecule has 0 saturated carbocycles. The van der Waals surface area contributed by atoms with Crippen LogP contribution in [0, 0.1) is 5.82 Å². The summed E-state index contributed by atoms with van der Waals surface area (Å²) in [4.78, 5) is 17.0. The van der Waals surface area contributed by atoms with Crippen LogP contribution >= 0.6 is 0 Å². The van der Waals surface area contributed by atoms with E-state index in [1.165, 1.54) is 12.1 Å². The molecule has 0 spiro atoms. The summed E-state index contributed by atoms with van der Waals surface area (Å²) >= 11 is 0. The molecule has 0 unspecified atom stereocenters. The number of furan rings is 1. The number of carbonyl (C=O) groups is 1. The zero-order valence-electron chi connectivity index (χ0n) is 17.4. The predicted octanol–water partition coefficient (Wildman–Crippen LogP) is 4.36. The number of hydrogen-bond acceptors (Lipinski definition) is 5. The number of amides is 1. The number of anilines is 1. The van der Waals surface area contributed by atoms with Crippen molar-refractivity contribution in [3.8, 4) is 11.5 Å². The first kappa shape index (κ1) is 20.8. The number of benzene rings is 2. The van der Waals surface area contributed by atoms with Gasteiger partial charge < -0.3 is 23.7 Å². The Labute approximate surface area is 180 Å². The Bertz CT molecular complexity index is 1000. The zero-order chi connectivity index (χ0) is 21.6. The second kappa shape index (κ2) is 9.55. The molecule has 4 rings (SSSR count). The van der Waals surface area contributed by atoms with Gasteiger partial charge in [-0.05, 0) is 67.1 Å². The van der Waals surface area contributed by atoms with Crippen LogP contribution in [0.2, 0.25) is 0 Å². The van der Waals surface area contributed by atoms with E-state index in [2.05, 4.69) is 4.90 Å². The third-order valence-electron chi connectivity index (χ3n) is 5.29. The molecule has 0 aliphatic carbocycles. The maximum Gasteiger partial charge on any atom is 0.289 e. The molecule has 0 N–H and O–H groups in total. The fourth-order valence-corrected chi connectivity index (χ4v) is 3.58. The topological polar surface area (TPSA) is 55.2 Å². The van der Waals surface area contributed by atoms with Gasteiger partial charge in [0.15, 0.2) is 5.76 Å². The SMILES string of the molecule is COc1ccc(N2CCCN(C(=O)c3ccc(COc4ccc(F)cc4)o3)CC2)cc1. The Morgan fingerprint density at radius 2 is 1.68 bits per heavy atom. The van der Waals surface area contributed by atoms with Gasteiger partial charge in [-0.1, -0.05) is 0 Å². The first-order valence-corrected chi connectivity index (χ1v) is 10.3. The van der Waals surface area contributed by atoms with Crippen LogP contribution in [0.3, 0.4) is 0 Å². The number of nitrogens with zero attached hydrogens (tertiary/aromatic N) is 2. The van der Waals surface area contributed by atoms with Gasteiger partial charge in [-0.15, -0.1) is 0 Å². The fraction of sp³-hybridized carbons (Fsp3) is 0.292. The zero-order valence-corrected chi connectivity index (χ0v) is 17.4. The van der Waals surface area contributed by atoms with E-state index in [0.29, 0.717) is 30.4 Å². The predicted molar refractivity (Wildman–Crippen MR) is 115 cm³/mol. The molecule has 1 saturated heterocycles. The summed E-state index contributed by atoms with van der Waals surface area (Å²) in [5.74, 6) is 1.77. The van der Waals surface area contributed by atoms with Gasteiger partial charge in [0.1, 0.15) is 29.7 Å². The van der Waals surface area contributed by atoms with Crippen LogP contribution in [0.25, 0.3) is 0 Å². The molecular weight excluding hydrogens is 399 g/mol. The van der Waals surface area contributed by atoms with Crippen LogP contribution in [0.4, 0.5) is 10.1 Å². The van der Waals surface area contributed by atoms with Gasteiger partial charge in [-0.3, -0.25) is 4.79 Å². The monoisotopic (exact) mass is 424 g/mol. The molecule has 1 aliphatic rings. The Morgan fingerprint density at radius 3 is 2.42 bits per heavy atom. The standard InChI is InChI=1S/C24H25FN2O4/c1-29-20-9-5-19(6-10-20)26-13-2-14-27(16-15-26)24(28)23-12-11-22(31-23)17-30-21-7-3-18(25)4-8-21/h3-12H,2,13-17H2,1H3. The summed E-state index contributed by atoms with van der Waals surface area (Å²) in [5.41, 5.74) is 1.12. The molecule has 1 aromatic heterocycles. The van der Waals surface area contributed by atoms with Gasteiger partial charge in [0, 0.05) is 31.9 Å². The summed E-state index contributed by atoms with van der Waals surface area (Å²) in [6.07, 6.45) is 0.874.